The van der Waals surface area contributed by atoms with Gasteiger partial charge in [-0.25, -0.2) is 0 Å². The molecule has 0 saturated heterocycles. The zero-order chi connectivity index (χ0) is 15.5. The maximum absolute atomic E-state index is 2.36. The molecule has 2 aromatic rings. The normalized spacial score (nSPS) is 14.1. The molecular weight excluding hydrogens is 264 g/mol. The lowest BCUT2D eigenvalue weighted by Gasteiger charge is -2.13. The van der Waals surface area contributed by atoms with Crippen LogP contribution in [-0.4, -0.2) is 0 Å². The zero-order valence-electron chi connectivity index (χ0n) is 13.5. The quantitative estimate of drug-likeness (QED) is 0.646. The molecule has 110 valence electrons. The van der Waals surface area contributed by atoms with Gasteiger partial charge < -0.3 is 0 Å². The average molecular weight is 286 g/mol. The summed E-state index contributed by atoms with van der Waals surface area (Å²) < 4.78 is 0. The van der Waals surface area contributed by atoms with Crippen molar-refractivity contribution < 1.29 is 0 Å². The van der Waals surface area contributed by atoms with Crippen LogP contribution in [0.15, 0.2) is 89.5 Å². The van der Waals surface area contributed by atoms with Crippen LogP contribution in [0, 0.1) is 5.92 Å². The summed E-state index contributed by atoms with van der Waals surface area (Å²) in [5.74, 6) is 0.556. The van der Waals surface area contributed by atoms with E-state index in [1.54, 1.807) is 0 Å². The Morgan fingerprint density at radius 3 is 1.64 bits per heavy atom. The highest BCUT2D eigenvalue weighted by Gasteiger charge is 2.17. The van der Waals surface area contributed by atoms with Crippen LogP contribution >= 0.6 is 0 Å². The maximum atomic E-state index is 2.36. The molecule has 0 heterocycles. The maximum Gasteiger partial charge on any atom is -0.00361 e. The van der Waals surface area contributed by atoms with E-state index in [1.807, 2.05) is 0 Å². The summed E-state index contributed by atoms with van der Waals surface area (Å²) in [6.07, 6.45) is 4.68. The molecule has 22 heavy (non-hydrogen) atoms. The second kappa shape index (κ2) is 6.19. The van der Waals surface area contributed by atoms with Gasteiger partial charge in [-0.1, -0.05) is 86.7 Å². The topological polar surface area (TPSA) is 0 Å². The third-order valence-corrected chi connectivity index (χ3v) is 4.18. The van der Waals surface area contributed by atoms with Gasteiger partial charge in [-0.05, 0) is 46.3 Å². The number of allylic oxidation sites excluding steroid dienone is 5. The lowest BCUT2D eigenvalue weighted by Crippen LogP contribution is -1.93. The highest BCUT2D eigenvalue weighted by molar-refractivity contribution is 5.87. The molecule has 0 N–H and O–H groups in total. The predicted octanol–water partition coefficient (Wildman–Crippen LogP) is 6.03. The van der Waals surface area contributed by atoms with E-state index in [0.717, 1.165) is 0 Å². The van der Waals surface area contributed by atoms with Gasteiger partial charge in [0.1, 0.15) is 0 Å². The fourth-order valence-electron chi connectivity index (χ4n) is 2.94. The Morgan fingerprint density at radius 1 is 0.727 bits per heavy atom. The van der Waals surface area contributed by atoms with Crippen molar-refractivity contribution in [2.45, 2.75) is 20.8 Å². The van der Waals surface area contributed by atoms with Gasteiger partial charge in [0.2, 0.25) is 0 Å². The lowest BCUT2D eigenvalue weighted by molar-refractivity contribution is 0.794. The summed E-state index contributed by atoms with van der Waals surface area (Å²) in [5, 5.41) is 0. The highest BCUT2D eigenvalue weighted by atomic mass is 14.2. The molecule has 0 nitrogen and oxygen atoms in total. The minimum atomic E-state index is 0.556. The third kappa shape index (κ3) is 2.82. The van der Waals surface area contributed by atoms with Crippen LogP contribution in [0.3, 0.4) is 0 Å². The van der Waals surface area contributed by atoms with Crippen molar-refractivity contribution in [3.8, 4) is 0 Å². The molecule has 0 unspecified atom stereocenters. The van der Waals surface area contributed by atoms with Crippen LogP contribution in [0.2, 0.25) is 0 Å². The summed E-state index contributed by atoms with van der Waals surface area (Å²) in [6.45, 7) is 6.72. The first-order chi connectivity index (χ1) is 10.7. The molecule has 0 bridgehead atoms. The minimum absolute atomic E-state index is 0.556. The number of benzene rings is 2. The van der Waals surface area contributed by atoms with Crippen molar-refractivity contribution in [1.29, 1.82) is 0 Å². The van der Waals surface area contributed by atoms with Gasteiger partial charge in [-0.3, -0.25) is 0 Å². The summed E-state index contributed by atoms with van der Waals surface area (Å²) >= 11 is 0. The Morgan fingerprint density at radius 2 is 1.23 bits per heavy atom. The van der Waals surface area contributed by atoms with Gasteiger partial charge in [0.05, 0.1) is 0 Å². The number of hydrogen-bond acceptors (Lipinski definition) is 0. The molecule has 0 aromatic heterocycles. The van der Waals surface area contributed by atoms with Crippen LogP contribution in [-0.2, 0) is 0 Å². The van der Waals surface area contributed by atoms with Gasteiger partial charge in [0, 0.05) is 0 Å². The molecule has 0 radical (unpaired) electrons. The van der Waals surface area contributed by atoms with Gasteiger partial charge in [0.15, 0.2) is 0 Å². The van der Waals surface area contributed by atoms with Gasteiger partial charge in [-0.2, -0.15) is 0 Å². The Balaban J connectivity index is 2.24. The molecule has 0 fully saturated rings. The van der Waals surface area contributed by atoms with E-state index >= 15 is 0 Å². The second-order valence-electron chi connectivity index (χ2n) is 6.15. The standard InChI is InChI=1S/C22H22/c1-16(2)20-14-17(3)21(15-20)22(18-10-6-4-7-11-18)19-12-8-5-9-13-19/h4-16H,1-3H3. The van der Waals surface area contributed by atoms with E-state index in [1.165, 1.54) is 33.4 Å². The summed E-state index contributed by atoms with van der Waals surface area (Å²) in [7, 11) is 0. The van der Waals surface area contributed by atoms with Crippen molar-refractivity contribution >= 4 is 5.57 Å². The Kier molecular flexibility index (Phi) is 4.11. The Hall–Kier alpha value is -2.34. The molecule has 0 heteroatoms. The first-order valence-electron chi connectivity index (χ1n) is 7.92. The van der Waals surface area contributed by atoms with E-state index < -0.39 is 0 Å². The van der Waals surface area contributed by atoms with E-state index in [2.05, 4.69) is 93.6 Å². The molecule has 0 aliphatic heterocycles. The highest BCUT2D eigenvalue weighted by Crippen LogP contribution is 2.36. The molecule has 0 saturated carbocycles. The second-order valence-corrected chi connectivity index (χ2v) is 6.15. The smallest absolute Gasteiger partial charge is 0.00361 e. The number of hydrogen-bond donors (Lipinski definition) is 0. The molecule has 0 spiro atoms. The summed E-state index contributed by atoms with van der Waals surface area (Å²) in [4.78, 5) is 0. The van der Waals surface area contributed by atoms with Crippen molar-refractivity contribution in [2.24, 2.45) is 5.92 Å². The average Bonchev–Trinajstić information content (AvgIpc) is 2.92. The first-order valence-corrected chi connectivity index (χ1v) is 7.92. The minimum Gasteiger partial charge on any atom is -0.0622 e. The zero-order valence-corrected chi connectivity index (χ0v) is 13.5. The molecule has 0 amide bonds. The molecule has 1 aliphatic carbocycles. The van der Waals surface area contributed by atoms with Crippen LogP contribution in [0.25, 0.3) is 5.57 Å². The first kappa shape index (κ1) is 14.6. The van der Waals surface area contributed by atoms with E-state index in [4.69, 9.17) is 0 Å². The lowest BCUT2D eigenvalue weighted by atomic mass is 9.91. The Labute approximate surface area is 133 Å². The SMILES string of the molecule is CC1=CC(C(C)C)=CC1=C(c1ccccc1)c1ccccc1. The van der Waals surface area contributed by atoms with Crippen LogP contribution in [0.5, 0.6) is 0 Å². The molecule has 0 atom stereocenters. The van der Waals surface area contributed by atoms with Crippen molar-refractivity contribution in [3.05, 3.63) is 101 Å². The molecule has 1 aliphatic rings. The summed E-state index contributed by atoms with van der Waals surface area (Å²) in [5.41, 5.74) is 7.99. The van der Waals surface area contributed by atoms with Crippen LogP contribution in [0.4, 0.5) is 0 Å². The third-order valence-electron chi connectivity index (χ3n) is 4.18. The molecule has 3 rings (SSSR count). The van der Waals surface area contributed by atoms with Gasteiger partial charge in [-0.15, -0.1) is 0 Å². The fraction of sp³-hybridized carbons (Fsp3) is 0.182. The van der Waals surface area contributed by atoms with Gasteiger partial charge >= 0.3 is 0 Å². The molecule has 2 aromatic carbocycles. The van der Waals surface area contributed by atoms with E-state index in [-0.39, 0.29) is 0 Å². The van der Waals surface area contributed by atoms with Crippen LogP contribution < -0.4 is 0 Å². The van der Waals surface area contributed by atoms with Crippen molar-refractivity contribution in [1.82, 2.24) is 0 Å². The van der Waals surface area contributed by atoms with Crippen LogP contribution in [0.1, 0.15) is 31.9 Å². The molecular formula is C22H22. The monoisotopic (exact) mass is 286 g/mol. The van der Waals surface area contributed by atoms with E-state index in [0.29, 0.717) is 5.92 Å². The number of rotatable bonds is 3. The Bertz CT molecular complexity index is 700. The predicted molar refractivity (Wildman–Crippen MR) is 95.6 cm³/mol. The fourth-order valence-corrected chi connectivity index (χ4v) is 2.94. The van der Waals surface area contributed by atoms with Gasteiger partial charge in [0.25, 0.3) is 0 Å². The largest absolute Gasteiger partial charge is 0.0622 e. The van der Waals surface area contributed by atoms with Crippen molar-refractivity contribution in [2.75, 3.05) is 0 Å². The van der Waals surface area contributed by atoms with E-state index in [9.17, 15) is 0 Å². The summed E-state index contributed by atoms with van der Waals surface area (Å²) in [6, 6.07) is 21.4. The van der Waals surface area contributed by atoms with Crippen molar-refractivity contribution in [3.63, 3.8) is 0 Å².